The lowest BCUT2D eigenvalue weighted by Gasteiger charge is -2.04. The van der Waals surface area contributed by atoms with Crippen LogP contribution >= 0.6 is 15.9 Å². The maximum absolute atomic E-state index is 4.60. The zero-order valence-corrected chi connectivity index (χ0v) is 11.8. The summed E-state index contributed by atoms with van der Waals surface area (Å²) in [5.41, 5.74) is 2.15. The smallest absolute Gasteiger partial charge is 0.124 e. The van der Waals surface area contributed by atoms with E-state index >= 15 is 0 Å². The van der Waals surface area contributed by atoms with Gasteiger partial charge in [0.1, 0.15) is 5.82 Å². The predicted molar refractivity (Wildman–Crippen MR) is 75.1 cm³/mol. The zero-order valence-electron chi connectivity index (χ0n) is 10.3. The Morgan fingerprint density at radius 3 is 2.88 bits per heavy atom. The first-order valence-corrected chi connectivity index (χ1v) is 7.01. The molecular formula is C13H18BrN3. The highest BCUT2D eigenvalue weighted by Gasteiger charge is 2.19. The molecule has 0 amide bonds. The Morgan fingerprint density at radius 1 is 1.35 bits per heavy atom. The van der Waals surface area contributed by atoms with E-state index in [1.165, 1.54) is 12.8 Å². The first-order chi connectivity index (χ1) is 8.33. The number of fused-ring (bicyclic) bond motifs is 1. The molecule has 2 N–H and O–H groups in total. The van der Waals surface area contributed by atoms with Gasteiger partial charge in [0.15, 0.2) is 0 Å². The lowest BCUT2D eigenvalue weighted by Crippen LogP contribution is -2.13. The predicted octanol–water partition coefficient (Wildman–Crippen LogP) is 3.78. The molecule has 3 rings (SSSR count). The Morgan fingerprint density at radius 2 is 2.18 bits per heavy atom. The molecule has 0 radical (unpaired) electrons. The summed E-state index contributed by atoms with van der Waals surface area (Å²) in [6.45, 7) is 5.10. The fourth-order valence-corrected chi connectivity index (χ4v) is 2.45. The lowest BCUT2D eigenvalue weighted by atomic mass is 10.2. The first kappa shape index (κ1) is 12.6. The van der Waals surface area contributed by atoms with Crippen LogP contribution < -0.4 is 5.32 Å². The van der Waals surface area contributed by atoms with E-state index in [1.54, 1.807) is 0 Å². The summed E-state index contributed by atoms with van der Waals surface area (Å²) in [5, 5.41) is 3.44. The van der Waals surface area contributed by atoms with Crippen molar-refractivity contribution in [3.05, 3.63) is 28.5 Å². The van der Waals surface area contributed by atoms with Crippen molar-refractivity contribution in [3.63, 3.8) is 0 Å². The minimum atomic E-state index is 0.413. The van der Waals surface area contributed by atoms with Crippen LogP contribution in [0.5, 0.6) is 0 Å². The zero-order chi connectivity index (χ0) is 12.3. The van der Waals surface area contributed by atoms with Crippen LogP contribution in [-0.2, 0) is 0 Å². The molecule has 2 heterocycles. The minimum Gasteiger partial charge on any atom is -0.341 e. The van der Waals surface area contributed by atoms with Crippen LogP contribution in [0.15, 0.2) is 22.7 Å². The van der Waals surface area contributed by atoms with Gasteiger partial charge >= 0.3 is 0 Å². The molecular weight excluding hydrogens is 278 g/mol. The summed E-state index contributed by atoms with van der Waals surface area (Å²) in [5.74, 6) is 1.07. The molecule has 3 nitrogen and oxygen atoms in total. The summed E-state index contributed by atoms with van der Waals surface area (Å²) < 4.78 is 1.09. The number of H-pyrrole nitrogens is 1. The Labute approximate surface area is 110 Å². The van der Waals surface area contributed by atoms with Crippen molar-refractivity contribution in [2.45, 2.75) is 32.7 Å². The number of nitrogens with one attached hydrogen (secondary N) is 2. The van der Waals surface area contributed by atoms with E-state index < -0.39 is 0 Å². The van der Waals surface area contributed by atoms with E-state index in [2.05, 4.69) is 37.3 Å². The van der Waals surface area contributed by atoms with E-state index in [-0.39, 0.29) is 0 Å². The van der Waals surface area contributed by atoms with Gasteiger partial charge < -0.3 is 10.3 Å². The van der Waals surface area contributed by atoms with Gasteiger partial charge in [0.2, 0.25) is 0 Å². The molecule has 92 valence electrons. The van der Waals surface area contributed by atoms with Gasteiger partial charge in [-0.25, -0.2) is 4.98 Å². The quantitative estimate of drug-likeness (QED) is 0.841. The summed E-state index contributed by atoms with van der Waals surface area (Å²) in [6, 6.07) is 6.54. The summed E-state index contributed by atoms with van der Waals surface area (Å²) in [6.07, 6.45) is 2.42. The molecule has 1 aromatic carbocycles. The van der Waals surface area contributed by atoms with E-state index in [9.17, 15) is 0 Å². The number of hydrogen-bond donors (Lipinski definition) is 2. The van der Waals surface area contributed by atoms with E-state index in [1.807, 2.05) is 26.0 Å². The molecule has 1 aliphatic rings. The number of benzene rings is 1. The molecule has 0 spiro atoms. The van der Waals surface area contributed by atoms with Crippen molar-refractivity contribution in [3.8, 4) is 0 Å². The number of halogens is 1. The van der Waals surface area contributed by atoms with Gasteiger partial charge in [-0.15, -0.1) is 0 Å². The van der Waals surface area contributed by atoms with Crippen molar-refractivity contribution in [2.24, 2.45) is 0 Å². The largest absolute Gasteiger partial charge is 0.341 e. The fraction of sp³-hybridized carbons (Fsp3) is 0.462. The fourth-order valence-electron chi connectivity index (χ4n) is 2.08. The monoisotopic (exact) mass is 295 g/mol. The van der Waals surface area contributed by atoms with Crippen LogP contribution in [0.3, 0.4) is 0 Å². The van der Waals surface area contributed by atoms with Crippen LogP contribution in [0, 0.1) is 0 Å². The van der Waals surface area contributed by atoms with Gasteiger partial charge in [-0.1, -0.05) is 29.8 Å². The SMILES string of the molecule is Brc1ccc2nc(C3CCCN3)[nH]c2c1.CC. The average Bonchev–Trinajstić information content (AvgIpc) is 2.99. The maximum Gasteiger partial charge on any atom is 0.124 e. The highest BCUT2D eigenvalue weighted by molar-refractivity contribution is 9.10. The Bertz CT molecular complexity index is 486. The number of imidazole rings is 1. The third kappa shape index (κ3) is 2.69. The Hall–Kier alpha value is -0.870. The molecule has 1 aromatic heterocycles. The van der Waals surface area contributed by atoms with E-state index in [0.717, 1.165) is 27.9 Å². The van der Waals surface area contributed by atoms with Gasteiger partial charge in [0.25, 0.3) is 0 Å². The molecule has 1 fully saturated rings. The molecule has 0 saturated carbocycles. The third-order valence-electron chi connectivity index (χ3n) is 2.85. The van der Waals surface area contributed by atoms with E-state index in [0.29, 0.717) is 6.04 Å². The van der Waals surface area contributed by atoms with Crippen molar-refractivity contribution in [1.29, 1.82) is 0 Å². The normalized spacial score (nSPS) is 19.1. The van der Waals surface area contributed by atoms with Crippen molar-refractivity contribution >= 4 is 27.0 Å². The van der Waals surface area contributed by atoms with Crippen LogP contribution in [0.1, 0.15) is 38.6 Å². The molecule has 1 unspecified atom stereocenters. The van der Waals surface area contributed by atoms with Crippen LogP contribution in [-0.4, -0.2) is 16.5 Å². The number of rotatable bonds is 1. The van der Waals surface area contributed by atoms with Crippen LogP contribution in [0.2, 0.25) is 0 Å². The highest BCUT2D eigenvalue weighted by atomic mass is 79.9. The number of hydrogen-bond acceptors (Lipinski definition) is 2. The topological polar surface area (TPSA) is 40.7 Å². The number of nitrogens with zero attached hydrogens (tertiary/aromatic N) is 1. The maximum atomic E-state index is 4.60. The highest BCUT2D eigenvalue weighted by Crippen LogP contribution is 2.24. The molecule has 4 heteroatoms. The van der Waals surface area contributed by atoms with Crippen LogP contribution in [0.25, 0.3) is 11.0 Å². The first-order valence-electron chi connectivity index (χ1n) is 6.21. The Balaban J connectivity index is 0.000000514. The molecule has 17 heavy (non-hydrogen) atoms. The Kier molecular flexibility index (Phi) is 4.18. The molecule has 1 saturated heterocycles. The second kappa shape index (κ2) is 5.65. The average molecular weight is 296 g/mol. The minimum absolute atomic E-state index is 0.413. The van der Waals surface area contributed by atoms with Crippen LogP contribution in [0.4, 0.5) is 0 Å². The van der Waals surface area contributed by atoms with Crippen molar-refractivity contribution in [2.75, 3.05) is 6.54 Å². The van der Waals surface area contributed by atoms with Crippen molar-refractivity contribution in [1.82, 2.24) is 15.3 Å². The van der Waals surface area contributed by atoms with Gasteiger partial charge in [0.05, 0.1) is 17.1 Å². The van der Waals surface area contributed by atoms with Gasteiger partial charge in [-0.05, 0) is 37.6 Å². The molecule has 1 atom stereocenters. The summed E-state index contributed by atoms with van der Waals surface area (Å²) in [4.78, 5) is 7.97. The van der Waals surface area contributed by atoms with Gasteiger partial charge in [-0.2, -0.15) is 0 Å². The standard InChI is InChI=1S/C11H12BrN3.C2H6/c12-7-3-4-8-10(6-7)15-11(14-8)9-2-1-5-13-9;1-2/h3-4,6,9,13H,1-2,5H2,(H,14,15);1-2H3. The molecule has 0 aliphatic carbocycles. The van der Waals surface area contributed by atoms with E-state index in [4.69, 9.17) is 0 Å². The van der Waals surface area contributed by atoms with Gasteiger partial charge in [-0.3, -0.25) is 0 Å². The molecule has 2 aromatic rings. The van der Waals surface area contributed by atoms with Gasteiger partial charge in [0, 0.05) is 4.47 Å². The summed E-state index contributed by atoms with van der Waals surface area (Å²) >= 11 is 3.46. The second-order valence-electron chi connectivity index (χ2n) is 3.93. The lowest BCUT2D eigenvalue weighted by molar-refractivity contribution is 0.614. The number of aromatic nitrogens is 2. The molecule has 1 aliphatic heterocycles. The summed E-state index contributed by atoms with van der Waals surface area (Å²) in [7, 11) is 0. The molecule has 0 bridgehead atoms. The third-order valence-corrected chi connectivity index (χ3v) is 3.35. The second-order valence-corrected chi connectivity index (χ2v) is 4.85. The number of aromatic amines is 1. The van der Waals surface area contributed by atoms with Crippen molar-refractivity contribution < 1.29 is 0 Å².